The summed E-state index contributed by atoms with van der Waals surface area (Å²) in [5.74, 6) is -2.88. The average molecular weight is 667 g/mol. The number of carbonyl (C=O) groups is 6. The van der Waals surface area contributed by atoms with Crippen molar-refractivity contribution >= 4 is 59.0 Å². The van der Waals surface area contributed by atoms with Crippen LogP contribution in [0.5, 0.6) is 0 Å². The van der Waals surface area contributed by atoms with Crippen LogP contribution < -0.4 is 27.0 Å². The van der Waals surface area contributed by atoms with Crippen molar-refractivity contribution in [3.05, 3.63) is 29.6 Å². The number of aromatic nitrogens is 1. The van der Waals surface area contributed by atoms with Gasteiger partial charge in [0, 0.05) is 35.9 Å². The molecule has 0 spiro atoms. The molecule has 0 unspecified atom stereocenters. The van der Waals surface area contributed by atoms with Crippen molar-refractivity contribution < 1.29 is 33.9 Å². The quantitative estimate of drug-likeness (QED) is 0.234. The molecule has 2 rings (SSSR count). The van der Waals surface area contributed by atoms with Gasteiger partial charge in [0.15, 0.2) is 0 Å². The number of amides is 5. The van der Waals surface area contributed by atoms with Gasteiger partial charge in [-0.2, -0.15) is 23.5 Å². The lowest BCUT2D eigenvalue weighted by Crippen LogP contribution is -2.60. The Kier molecular flexibility index (Phi) is 16.2. The predicted molar refractivity (Wildman–Crippen MR) is 174 cm³/mol. The lowest BCUT2D eigenvalue weighted by Gasteiger charge is -2.29. The van der Waals surface area contributed by atoms with Crippen LogP contribution in [-0.4, -0.2) is 81.3 Å². The van der Waals surface area contributed by atoms with E-state index in [1.54, 1.807) is 6.92 Å². The zero-order valence-electron chi connectivity index (χ0n) is 26.3. The standard InChI is InChI=1S/C30H46N6O7S2/c1-5-18(4)26-30(43)35-23(27(31)40)16-45-15-20-8-6-7-19(32-20)14-44-12-11-24(37)33-21(9-10-25(38)39)28(41)34-22(13-17(2)3)29(42)36-26/h6-8,17-18,21-23,26H,5,9-16H2,1-4H3,(H2,31,40)(H,33,37)(H,34,41)(H,35,43)(H,36,42)(H,38,39)/t18-,21-,22-,23-,26-/m0/s1. The molecule has 0 saturated carbocycles. The number of pyridine rings is 1. The maximum atomic E-state index is 13.6. The molecule has 15 heteroatoms. The van der Waals surface area contributed by atoms with Crippen molar-refractivity contribution in [2.45, 2.75) is 95.5 Å². The van der Waals surface area contributed by atoms with Crippen LogP contribution in [0.1, 0.15) is 71.2 Å². The molecule has 1 aliphatic rings. The fourth-order valence-electron chi connectivity index (χ4n) is 4.50. The maximum absolute atomic E-state index is 13.6. The van der Waals surface area contributed by atoms with Gasteiger partial charge in [0.1, 0.15) is 24.2 Å². The second kappa shape index (κ2) is 19.2. The molecule has 0 saturated heterocycles. The Labute approximate surface area is 272 Å². The number of hydrogen-bond acceptors (Lipinski definition) is 9. The Morgan fingerprint density at radius 3 is 2.20 bits per heavy atom. The van der Waals surface area contributed by atoms with Crippen LogP contribution in [-0.2, 0) is 40.3 Å². The molecule has 2 bridgehead atoms. The van der Waals surface area contributed by atoms with Crippen molar-refractivity contribution in [2.24, 2.45) is 17.6 Å². The van der Waals surface area contributed by atoms with E-state index < -0.39 is 59.7 Å². The maximum Gasteiger partial charge on any atom is 0.303 e. The number of hydrogen-bond donors (Lipinski definition) is 6. The van der Waals surface area contributed by atoms with Gasteiger partial charge in [0.2, 0.25) is 29.5 Å². The number of carboxylic acid groups (broad SMARTS) is 1. The van der Waals surface area contributed by atoms with Crippen LogP contribution in [0.25, 0.3) is 0 Å². The lowest BCUT2D eigenvalue weighted by molar-refractivity contribution is -0.138. The number of thioether (sulfide) groups is 2. The summed E-state index contributed by atoms with van der Waals surface area (Å²) >= 11 is 2.87. The van der Waals surface area contributed by atoms with E-state index >= 15 is 0 Å². The molecule has 5 amide bonds. The first-order valence-corrected chi connectivity index (χ1v) is 17.4. The van der Waals surface area contributed by atoms with Gasteiger partial charge in [-0.3, -0.25) is 33.8 Å². The molecular weight excluding hydrogens is 620 g/mol. The Balaban J connectivity index is 2.40. The summed E-state index contributed by atoms with van der Waals surface area (Å²) in [4.78, 5) is 81.3. The molecule has 1 aromatic rings. The molecule has 45 heavy (non-hydrogen) atoms. The van der Waals surface area contributed by atoms with Crippen molar-refractivity contribution in [1.29, 1.82) is 0 Å². The van der Waals surface area contributed by atoms with Gasteiger partial charge >= 0.3 is 5.97 Å². The largest absolute Gasteiger partial charge is 0.481 e. The van der Waals surface area contributed by atoms with Crippen LogP contribution in [0.4, 0.5) is 0 Å². The van der Waals surface area contributed by atoms with E-state index in [2.05, 4.69) is 26.3 Å². The molecule has 0 radical (unpaired) electrons. The number of fused-ring (bicyclic) bond motifs is 2. The van der Waals surface area contributed by atoms with E-state index in [1.165, 1.54) is 23.5 Å². The molecule has 0 aliphatic carbocycles. The number of nitrogens with zero attached hydrogens (tertiary/aromatic N) is 1. The van der Waals surface area contributed by atoms with Crippen molar-refractivity contribution in [3.8, 4) is 0 Å². The third kappa shape index (κ3) is 13.7. The zero-order valence-corrected chi connectivity index (χ0v) is 27.9. The molecule has 250 valence electrons. The van der Waals surface area contributed by atoms with Gasteiger partial charge in [-0.15, -0.1) is 0 Å². The molecule has 0 aromatic carbocycles. The number of aliphatic carboxylic acids is 1. The SMILES string of the molecule is CC[C@H](C)[C@@H]1NC(=O)[C@H](CC(C)C)NC(=O)[C@H](CCC(=O)O)NC(=O)CCSCc2cccc(n2)CSC[C@@H](C(N)=O)NC1=O. The summed E-state index contributed by atoms with van der Waals surface area (Å²) in [5, 5.41) is 20.0. The van der Waals surface area contributed by atoms with E-state index in [0.717, 1.165) is 11.4 Å². The molecule has 0 fully saturated rings. The van der Waals surface area contributed by atoms with E-state index in [-0.39, 0.29) is 43.3 Å². The number of rotatable bonds is 8. The highest BCUT2D eigenvalue weighted by Crippen LogP contribution is 2.17. The minimum atomic E-state index is -1.18. The average Bonchev–Trinajstić information content (AvgIpc) is 2.98. The number of carboxylic acids is 1. The van der Waals surface area contributed by atoms with Crippen LogP contribution in [0.15, 0.2) is 18.2 Å². The van der Waals surface area contributed by atoms with E-state index in [4.69, 9.17) is 5.73 Å². The number of primary amides is 1. The second-order valence-electron chi connectivity index (χ2n) is 11.5. The van der Waals surface area contributed by atoms with Gasteiger partial charge in [0.05, 0.1) is 11.4 Å². The van der Waals surface area contributed by atoms with E-state index in [0.29, 0.717) is 23.7 Å². The summed E-state index contributed by atoms with van der Waals surface area (Å²) < 4.78 is 0. The smallest absolute Gasteiger partial charge is 0.303 e. The predicted octanol–water partition coefficient (Wildman–Crippen LogP) is 1.33. The number of nitrogens with two attached hydrogens (primary N) is 1. The van der Waals surface area contributed by atoms with Crippen molar-refractivity contribution in [2.75, 3.05) is 11.5 Å². The number of carbonyl (C=O) groups excluding carboxylic acids is 5. The highest BCUT2D eigenvalue weighted by Gasteiger charge is 2.33. The monoisotopic (exact) mass is 666 g/mol. The third-order valence-electron chi connectivity index (χ3n) is 7.21. The van der Waals surface area contributed by atoms with Crippen LogP contribution >= 0.6 is 23.5 Å². The van der Waals surface area contributed by atoms with Crippen molar-refractivity contribution in [1.82, 2.24) is 26.3 Å². The molecule has 1 aliphatic heterocycles. The highest BCUT2D eigenvalue weighted by molar-refractivity contribution is 7.98. The Hall–Kier alpha value is -3.33. The van der Waals surface area contributed by atoms with Gasteiger partial charge in [-0.05, 0) is 36.8 Å². The second-order valence-corrected chi connectivity index (χ2v) is 13.7. The lowest BCUT2D eigenvalue weighted by atomic mass is 9.96. The third-order valence-corrected chi connectivity index (χ3v) is 9.28. The molecule has 7 N–H and O–H groups in total. The van der Waals surface area contributed by atoms with Crippen LogP contribution in [0, 0.1) is 11.8 Å². The topological polar surface area (TPSA) is 210 Å². The first-order valence-electron chi connectivity index (χ1n) is 15.1. The van der Waals surface area contributed by atoms with Crippen LogP contribution in [0.3, 0.4) is 0 Å². The number of nitrogens with one attached hydrogen (secondary N) is 4. The molecule has 5 atom stereocenters. The minimum absolute atomic E-state index is 0.0371. The Bertz CT molecular complexity index is 1200. The summed E-state index contributed by atoms with van der Waals surface area (Å²) in [6.07, 6.45) is 0.298. The van der Waals surface area contributed by atoms with Gasteiger partial charge in [-0.25, -0.2) is 0 Å². The molecule has 13 nitrogen and oxygen atoms in total. The summed E-state index contributed by atoms with van der Waals surface area (Å²) in [6, 6.07) is 1.32. The minimum Gasteiger partial charge on any atom is -0.481 e. The van der Waals surface area contributed by atoms with Gasteiger partial charge in [-0.1, -0.05) is 40.2 Å². The van der Waals surface area contributed by atoms with E-state index in [9.17, 15) is 33.9 Å². The Morgan fingerprint density at radius 1 is 0.956 bits per heavy atom. The van der Waals surface area contributed by atoms with Gasteiger partial charge < -0.3 is 32.1 Å². The Morgan fingerprint density at radius 2 is 1.60 bits per heavy atom. The fraction of sp³-hybridized carbons (Fsp3) is 0.633. The van der Waals surface area contributed by atoms with Crippen molar-refractivity contribution in [3.63, 3.8) is 0 Å². The zero-order chi connectivity index (χ0) is 33.5. The van der Waals surface area contributed by atoms with Gasteiger partial charge in [0.25, 0.3) is 0 Å². The molecule has 2 heterocycles. The summed E-state index contributed by atoms with van der Waals surface area (Å²) in [5.41, 5.74) is 7.21. The summed E-state index contributed by atoms with van der Waals surface area (Å²) in [6.45, 7) is 7.37. The molecule has 1 aromatic heterocycles. The highest BCUT2D eigenvalue weighted by atomic mass is 32.2. The van der Waals surface area contributed by atoms with Crippen LogP contribution in [0.2, 0.25) is 0 Å². The first-order chi connectivity index (χ1) is 21.3. The summed E-state index contributed by atoms with van der Waals surface area (Å²) in [7, 11) is 0. The fourth-order valence-corrected chi connectivity index (χ4v) is 6.32. The van der Waals surface area contributed by atoms with E-state index in [1.807, 2.05) is 39.0 Å². The molecular formula is C30H46N6O7S2. The first kappa shape index (κ1) is 37.9. The normalized spacial score (nSPS) is 23.8.